The Bertz CT molecular complexity index is 534. The molecule has 1 heterocycles. The zero-order valence-electron chi connectivity index (χ0n) is 10.2. The first-order valence-corrected chi connectivity index (χ1v) is 5.48. The maximum absolute atomic E-state index is 9.52. The monoisotopic (exact) mass is 235 g/mol. The van der Waals surface area contributed by atoms with Gasteiger partial charge in [0.2, 0.25) is 0 Å². The van der Waals surface area contributed by atoms with Crippen LogP contribution in [-0.4, -0.2) is 27.9 Å². The molecule has 1 aromatic carbocycles. The Kier molecular flexibility index (Phi) is 3.04. The molecule has 3 N–H and O–H groups in total. The summed E-state index contributed by atoms with van der Waals surface area (Å²) in [4.78, 5) is 4.44. The number of aliphatic hydroxyl groups is 1. The van der Waals surface area contributed by atoms with Crippen LogP contribution in [0.3, 0.4) is 0 Å². The van der Waals surface area contributed by atoms with Crippen molar-refractivity contribution in [2.24, 2.45) is 12.8 Å². The fourth-order valence-electron chi connectivity index (χ4n) is 1.84. The van der Waals surface area contributed by atoms with Crippen LogP contribution in [0.1, 0.15) is 18.8 Å². The van der Waals surface area contributed by atoms with Crippen LogP contribution in [0.2, 0.25) is 0 Å². The number of nitrogens with two attached hydrogens (primary N) is 1. The summed E-state index contributed by atoms with van der Waals surface area (Å²) in [6, 6.07) is 5.17. The second kappa shape index (κ2) is 4.35. The maximum atomic E-state index is 9.52. The second-order valence-electron chi connectivity index (χ2n) is 4.15. The minimum absolute atomic E-state index is 0.488. The van der Waals surface area contributed by atoms with Crippen molar-refractivity contribution >= 4 is 11.0 Å². The fourth-order valence-corrected chi connectivity index (χ4v) is 1.84. The maximum Gasteiger partial charge on any atom is 0.129 e. The van der Waals surface area contributed by atoms with Crippen LogP contribution in [0, 0.1) is 0 Å². The Balaban J connectivity index is 2.56. The normalized spacial score (nSPS) is 14.9. The molecular weight excluding hydrogens is 218 g/mol. The van der Waals surface area contributed by atoms with Crippen molar-refractivity contribution in [2.45, 2.75) is 19.1 Å². The lowest BCUT2D eigenvalue weighted by atomic mass is 10.2. The van der Waals surface area contributed by atoms with Crippen molar-refractivity contribution in [1.82, 2.24) is 9.55 Å². The quantitative estimate of drug-likeness (QED) is 0.831. The fraction of sp³-hybridized carbons (Fsp3) is 0.417. The lowest BCUT2D eigenvalue weighted by Crippen LogP contribution is -2.26. The van der Waals surface area contributed by atoms with Gasteiger partial charge in [0, 0.05) is 13.1 Å². The number of aliphatic hydroxyl groups excluding tert-OH is 1. The first-order valence-electron chi connectivity index (χ1n) is 5.48. The number of benzene rings is 1. The van der Waals surface area contributed by atoms with E-state index in [0.29, 0.717) is 5.82 Å². The SMILES string of the molecule is COc1ccc2c(c1)nc(C(N)C(C)O)n2C. The highest BCUT2D eigenvalue weighted by Crippen LogP contribution is 2.23. The summed E-state index contributed by atoms with van der Waals surface area (Å²) in [6.07, 6.45) is -0.632. The lowest BCUT2D eigenvalue weighted by molar-refractivity contribution is 0.159. The molecule has 0 aliphatic rings. The third-order valence-corrected chi connectivity index (χ3v) is 2.94. The van der Waals surface area contributed by atoms with Crippen LogP contribution < -0.4 is 10.5 Å². The molecule has 5 heteroatoms. The van der Waals surface area contributed by atoms with Gasteiger partial charge in [0.15, 0.2) is 0 Å². The number of aryl methyl sites for hydroxylation is 1. The molecule has 2 unspecified atom stereocenters. The second-order valence-corrected chi connectivity index (χ2v) is 4.15. The molecule has 0 aliphatic carbocycles. The van der Waals surface area contributed by atoms with E-state index in [9.17, 15) is 5.11 Å². The molecule has 0 saturated heterocycles. The topological polar surface area (TPSA) is 73.3 Å². The van der Waals surface area contributed by atoms with E-state index in [1.54, 1.807) is 14.0 Å². The van der Waals surface area contributed by atoms with Crippen LogP contribution in [0.25, 0.3) is 11.0 Å². The molecule has 92 valence electrons. The van der Waals surface area contributed by atoms with Crippen LogP contribution in [0.15, 0.2) is 18.2 Å². The minimum Gasteiger partial charge on any atom is -0.497 e. The average Bonchev–Trinajstić information content (AvgIpc) is 2.65. The van der Waals surface area contributed by atoms with Gasteiger partial charge in [0.25, 0.3) is 0 Å². The molecule has 0 fully saturated rings. The number of methoxy groups -OCH3 is 1. The highest BCUT2D eigenvalue weighted by atomic mass is 16.5. The number of fused-ring (bicyclic) bond motifs is 1. The molecule has 0 aliphatic heterocycles. The number of ether oxygens (including phenoxy) is 1. The zero-order valence-corrected chi connectivity index (χ0v) is 10.2. The molecule has 1 aromatic heterocycles. The number of imidazole rings is 1. The number of hydrogen-bond acceptors (Lipinski definition) is 4. The van der Waals surface area contributed by atoms with Crippen molar-refractivity contribution < 1.29 is 9.84 Å². The summed E-state index contributed by atoms with van der Waals surface area (Å²) in [5.41, 5.74) is 7.70. The first-order chi connectivity index (χ1) is 8.04. The van der Waals surface area contributed by atoms with Gasteiger partial charge in [-0.2, -0.15) is 0 Å². The van der Waals surface area contributed by atoms with Crippen LogP contribution in [-0.2, 0) is 7.05 Å². The highest BCUT2D eigenvalue weighted by molar-refractivity contribution is 5.77. The molecule has 5 nitrogen and oxygen atoms in total. The van der Waals surface area contributed by atoms with E-state index in [0.717, 1.165) is 16.8 Å². The molecule has 2 aromatic rings. The number of aromatic nitrogens is 2. The van der Waals surface area contributed by atoms with E-state index in [-0.39, 0.29) is 0 Å². The lowest BCUT2D eigenvalue weighted by Gasteiger charge is -2.14. The minimum atomic E-state index is -0.632. The molecule has 0 bridgehead atoms. The smallest absolute Gasteiger partial charge is 0.129 e. The van der Waals surface area contributed by atoms with Gasteiger partial charge in [-0.05, 0) is 19.1 Å². The van der Waals surface area contributed by atoms with Gasteiger partial charge in [-0.1, -0.05) is 0 Å². The zero-order chi connectivity index (χ0) is 12.6. The summed E-state index contributed by atoms with van der Waals surface area (Å²) in [5.74, 6) is 1.43. The van der Waals surface area contributed by atoms with Crippen molar-refractivity contribution in [3.05, 3.63) is 24.0 Å². The summed E-state index contributed by atoms with van der Waals surface area (Å²) >= 11 is 0. The molecule has 2 atom stereocenters. The van der Waals surface area contributed by atoms with E-state index < -0.39 is 12.1 Å². The summed E-state index contributed by atoms with van der Waals surface area (Å²) in [6.45, 7) is 1.66. The van der Waals surface area contributed by atoms with Crippen LogP contribution in [0.4, 0.5) is 0 Å². The molecule has 0 spiro atoms. The Morgan fingerprint density at radius 1 is 1.47 bits per heavy atom. The highest BCUT2D eigenvalue weighted by Gasteiger charge is 2.19. The summed E-state index contributed by atoms with van der Waals surface area (Å²) in [5, 5.41) is 9.52. The summed E-state index contributed by atoms with van der Waals surface area (Å²) < 4.78 is 7.04. The molecule has 2 rings (SSSR count). The van der Waals surface area contributed by atoms with E-state index in [1.807, 2.05) is 29.8 Å². The van der Waals surface area contributed by atoms with E-state index >= 15 is 0 Å². The van der Waals surface area contributed by atoms with Gasteiger partial charge in [0.1, 0.15) is 11.6 Å². The van der Waals surface area contributed by atoms with Crippen molar-refractivity contribution in [3.63, 3.8) is 0 Å². The van der Waals surface area contributed by atoms with Crippen LogP contribution in [0.5, 0.6) is 5.75 Å². The van der Waals surface area contributed by atoms with Crippen LogP contribution >= 0.6 is 0 Å². The van der Waals surface area contributed by atoms with Gasteiger partial charge in [-0.15, -0.1) is 0 Å². The Hall–Kier alpha value is -1.59. The largest absolute Gasteiger partial charge is 0.497 e. The molecular formula is C12H17N3O2. The van der Waals surface area contributed by atoms with Gasteiger partial charge in [-0.3, -0.25) is 0 Å². The molecule has 0 saturated carbocycles. The molecule has 0 radical (unpaired) electrons. The number of rotatable bonds is 3. The Labute approximate surface area is 99.8 Å². The van der Waals surface area contributed by atoms with Gasteiger partial charge in [0.05, 0.1) is 30.3 Å². The van der Waals surface area contributed by atoms with Crippen molar-refractivity contribution in [2.75, 3.05) is 7.11 Å². The number of hydrogen-bond donors (Lipinski definition) is 2. The third-order valence-electron chi connectivity index (χ3n) is 2.94. The Morgan fingerprint density at radius 3 is 2.76 bits per heavy atom. The van der Waals surface area contributed by atoms with E-state index in [2.05, 4.69) is 4.98 Å². The Morgan fingerprint density at radius 2 is 2.18 bits per heavy atom. The number of nitrogens with zero attached hydrogens (tertiary/aromatic N) is 2. The van der Waals surface area contributed by atoms with Gasteiger partial charge in [-0.25, -0.2) is 4.98 Å². The summed E-state index contributed by atoms with van der Waals surface area (Å²) in [7, 11) is 3.51. The standard InChI is InChI=1S/C12H17N3O2/c1-7(16)11(13)12-14-9-6-8(17-3)4-5-10(9)15(12)2/h4-7,11,16H,13H2,1-3H3. The van der Waals surface area contributed by atoms with Crippen molar-refractivity contribution in [3.8, 4) is 5.75 Å². The third kappa shape index (κ3) is 1.99. The van der Waals surface area contributed by atoms with Gasteiger partial charge < -0.3 is 20.1 Å². The predicted molar refractivity (Wildman–Crippen MR) is 65.9 cm³/mol. The average molecular weight is 235 g/mol. The van der Waals surface area contributed by atoms with Crippen molar-refractivity contribution in [1.29, 1.82) is 0 Å². The van der Waals surface area contributed by atoms with Gasteiger partial charge >= 0.3 is 0 Å². The predicted octanol–water partition coefficient (Wildman–Crippen LogP) is 0.962. The van der Waals surface area contributed by atoms with E-state index in [4.69, 9.17) is 10.5 Å². The first kappa shape index (κ1) is 11.9. The van der Waals surface area contributed by atoms with E-state index in [1.165, 1.54) is 0 Å². The molecule has 0 amide bonds. The molecule has 17 heavy (non-hydrogen) atoms.